The zero-order valence-electron chi connectivity index (χ0n) is 11.6. The lowest BCUT2D eigenvalue weighted by molar-refractivity contribution is -0.136. The maximum Gasteiger partial charge on any atom is 0.319 e. The van der Waals surface area contributed by atoms with Crippen LogP contribution in [0.5, 0.6) is 0 Å². The van der Waals surface area contributed by atoms with Gasteiger partial charge in [0.25, 0.3) is 0 Å². The van der Waals surface area contributed by atoms with Crippen LogP contribution in [-0.4, -0.2) is 23.1 Å². The minimum absolute atomic E-state index is 0.0448. The number of carbonyl (C=O) groups excluding carboxylic acids is 1. The van der Waals surface area contributed by atoms with E-state index in [0.29, 0.717) is 17.2 Å². The second-order valence-electron chi connectivity index (χ2n) is 5.38. The summed E-state index contributed by atoms with van der Waals surface area (Å²) in [5.41, 5.74) is 1.29. The predicted molar refractivity (Wildman–Crippen MR) is 76.7 cm³/mol. The highest BCUT2D eigenvalue weighted by atomic mass is 16.4. The van der Waals surface area contributed by atoms with E-state index in [4.69, 9.17) is 5.11 Å². The smallest absolute Gasteiger partial charge is 0.319 e. The van der Waals surface area contributed by atoms with Crippen molar-refractivity contribution in [2.75, 3.05) is 5.32 Å². The van der Waals surface area contributed by atoms with Crippen molar-refractivity contribution in [3.05, 3.63) is 29.8 Å². The number of hydrogen-bond donors (Lipinski definition) is 3. The molecule has 0 bridgehead atoms. The summed E-state index contributed by atoms with van der Waals surface area (Å²) < 4.78 is 0. The summed E-state index contributed by atoms with van der Waals surface area (Å²) >= 11 is 0. The Morgan fingerprint density at radius 3 is 2.80 bits per heavy atom. The monoisotopic (exact) mass is 276 g/mol. The Balaban J connectivity index is 1.92. The number of benzene rings is 1. The molecule has 5 nitrogen and oxygen atoms in total. The van der Waals surface area contributed by atoms with E-state index in [1.165, 1.54) is 0 Å². The van der Waals surface area contributed by atoms with E-state index in [0.717, 1.165) is 19.3 Å². The lowest BCUT2D eigenvalue weighted by Crippen LogP contribution is -2.39. The second kappa shape index (κ2) is 6.41. The number of rotatable bonds is 4. The molecule has 1 fully saturated rings. The number of hydrogen-bond acceptors (Lipinski definition) is 2. The van der Waals surface area contributed by atoms with E-state index < -0.39 is 5.97 Å². The minimum atomic E-state index is -0.883. The van der Waals surface area contributed by atoms with Crippen LogP contribution < -0.4 is 10.6 Å². The molecule has 1 aliphatic rings. The van der Waals surface area contributed by atoms with Crippen LogP contribution in [0.15, 0.2) is 24.3 Å². The lowest BCUT2D eigenvalue weighted by Gasteiger charge is -2.17. The molecule has 0 spiro atoms. The Kier molecular flexibility index (Phi) is 4.61. The zero-order valence-corrected chi connectivity index (χ0v) is 11.6. The average molecular weight is 276 g/mol. The molecule has 0 saturated heterocycles. The highest BCUT2D eigenvalue weighted by Crippen LogP contribution is 2.24. The molecule has 1 aromatic rings. The fourth-order valence-electron chi connectivity index (χ4n) is 2.63. The maximum atomic E-state index is 11.9. The molecule has 20 heavy (non-hydrogen) atoms. The van der Waals surface area contributed by atoms with Crippen molar-refractivity contribution < 1.29 is 14.7 Å². The molecule has 1 aliphatic carbocycles. The number of anilines is 1. The highest BCUT2D eigenvalue weighted by Gasteiger charge is 2.24. The summed E-state index contributed by atoms with van der Waals surface area (Å²) in [4.78, 5) is 22.6. The second-order valence-corrected chi connectivity index (χ2v) is 5.38. The quantitative estimate of drug-likeness (QED) is 0.791. The summed E-state index contributed by atoms with van der Waals surface area (Å²) in [5, 5.41) is 14.5. The molecule has 2 unspecified atom stereocenters. The average Bonchev–Trinajstić information content (AvgIpc) is 2.74. The normalized spacial score (nSPS) is 21.4. The van der Waals surface area contributed by atoms with E-state index in [9.17, 15) is 9.59 Å². The van der Waals surface area contributed by atoms with E-state index in [1.54, 1.807) is 24.3 Å². The van der Waals surface area contributed by atoms with Crippen LogP contribution in [0.25, 0.3) is 0 Å². The first-order chi connectivity index (χ1) is 9.54. The zero-order chi connectivity index (χ0) is 14.5. The van der Waals surface area contributed by atoms with Gasteiger partial charge >= 0.3 is 12.0 Å². The maximum absolute atomic E-state index is 11.9. The molecule has 0 heterocycles. The number of carbonyl (C=O) groups is 2. The number of aliphatic carboxylic acids is 1. The summed E-state index contributed by atoms with van der Waals surface area (Å²) in [7, 11) is 0. The number of carboxylic acids is 1. The Hall–Kier alpha value is -2.04. The first-order valence-electron chi connectivity index (χ1n) is 6.93. The van der Waals surface area contributed by atoms with Gasteiger partial charge in [0, 0.05) is 11.7 Å². The molecule has 0 aromatic heterocycles. The fraction of sp³-hybridized carbons (Fsp3) is 0.467. The van der Waals surface area contributed by atoms with Gasteiger partial charge in [-0.2, -0.15) is 0 Å². The van der Waals surface area contributed by atoms with Crippen molar-refractivity contribution >= 4 is 17.7 Å². The van der Waals surface area contributed by atoms with Gasteiger partial charge in [-0.1, -0.05) is 25.5 Å². The van der Waals surface area contributed by atoms with Crippen LogP contribution in [-0.2, 0) is 11.2 Å². The van der Waals surface area contributed by atoms with Crippen LogP contribution in [0, 0.1) is 5.92 Å². The molecule has 0 aliphatic heterocycles. The highest BCUT2D eigenvalue weighted by molar-refractivity contribution is 5.89. The first kappa shape index (κ1) is 14.4. The SMILES string of the molecule is CC1CCCC1NC(=O)Nc1cccc(CC(=O)O)c1. The molecule has 5 heteroatoms. The van der Waals surface area contributed by atoms with Gasteiger partial charge in [0.2, 0.25) is 0 Å². The van der Waals surface area contributed by atoms with Crippen LogP contribution in [0.3, 0.4) is 0 Å². The number of urea groups is 1. The molecule has 0 radical (unpaired) electrons. The molecule has 2 amide bonds. The van der Waals surface area contributed by atoms with Gasteiger partial charge in [-0.05, 0) is 36.5 Å². The molecule has 2 rings (SSSR count). The van der Waals surface area contributed by atoms with Gasteiger partial charge in [0.1, 0.15) is 0 Å². The summed E-state index contributed by atoms with van der Waals surface area (Å²) in [6.45, 7) is 2.14. The van der Waals surface area contributed by atoms with Gasteiger partial charge in [0.05, 0.1) is 6.42 Å². The van der Waals surface area contributed by atoms with Crippen molar-refractivity contribution in [3.63, 3.8) is 0 Å². The minimum Gasteiger partial charge on any atom is -0.481 e. The van der Waals surface area contributed by atoms with E-state index >= 15 is 0 Å². The lowest BCUT2D eigenvalue weighted by atomic mass is 10.1. The van der Waals surface area contributed by atoms with Crippen molar-refractivity contribution in [1.29, 1.82) is 0 Å². The van der Waals surface area contributed by atoms with Gasteiger partial charge in [-0.3, -0.25) is 4.79 Å². The van der Waals surface area contributed by atoms with Crippen molar-refractivity contribution in [2.24, 2.45) is 5.92 Å². The topological polar surface area (TPSA) is 78.4 Å². The number of carboxylic acid groups (broad SMARTS) is 1. The van der Waals surface area contributed by atoms with E-state index in [2.05, 4.69) is 17.6 Å². The molecular weight excluding hydrogens is 256 g/mol. The standard InChI is InChI=1S/C15H20N2O3/c1-10-4-2-7-13(10)17-15(20)16-12-6-3-5-11(8-12)9-14(18)19/h3,5-6,8,10,13H,2,4,7,9H2,1H3,(H,18,19)(H2,16,17,20). The van der Waals surface area contributed by atoms with Crippen LogP contribution in [0.2, 0.25) is 0 Å². The van der Waals surface area contributed by atoms with Crippen molar-refractivity contribution in [3.8, 4) is 0 Å². The largest absolute Gasteiger partial charge is 0.481 e. The van der Waals surface area contributed by atoms with Crippen molar-refractivity contribution in [2.45, 2.75) is 38.6 Å². The van der Waals surface area contributed by atoms with Crippen molar-refractivity contribution in [1.82, 2.24) is 5.32 Å². The Labute approximate surface area is 118 Å². The van der Waals surface area contributed by atoms with Gasteiger partial charge < -0.3 is 15.7 Å². The predicted octanol–water partition coefficient (Wildman–Crippen LogP) is 2.62. The summed E-state index contributed by atoms with van der Waals surface area (Å²) in [6.07, 6.45) is 3.28. The summed E-state index contributed by atoms with van der Waals surface area (Å²) in [6, 6.07) is 6.92. The van der Waals surface area contributed by atoms with Gasteiger partial charge in [-0.15, -0.1) is 0 Å². The Morgan fingerprint density at radius 1 is 1.35 bits per heavy atom. The Morgan fingerprint density at radius 2 is 2.15 bits per heavy atom. The van der Waals surface area contributed by atoms with E-state index in [1.807, 2.05) is 0 Å². The molecule has 108 valence electrons. The third kappa shape index (κ3) is 3.98. The number of amides is 2. The molecule has 3 N–H and O–H groups in total. The molecule has 1 saturated carbocycles. The number of nitrogens with one attached hydrogen (secondary N) is 2. The van der Waals surface area contributed by atoms with Crippen LogP contribution in [0.4, 0.5) is 10.5 Å². The molecule has 1 aromatic carbocycles. The fourth-order valence-corrected chi connectivity index (χ4v) is 2.63. The third-order valence-electron chi connectivity index (χ3n) is 3.72. The van der Waals surface area contributed by atoms with Gasteiger partial charge in [-0.25, -0.2) is 4.79 Å². The summed E-state index contributed by atoms with van der Waals surface area (Å²) in [5.74, 6) is -0.370. The molecular formula is C15H20N2O3. The molecule has 2 atom stereocenters. The van der Waals surface area contributed by atoms with Crippen LogP contribution in [0.1, 0.15) is 31.7 Å². The third-order valence-corrected chi connectivity index (χ3v) is 3.72. The Bertz CT molecular complexity index is 502. The van der Waals surface area contributed by atoms with Gasteiger partial charge in [0.15, 0.2) is 0 Å². The van der Waals surface area contributed by atoms with E-state index in [-0.39, 0.29) is 18.5 Å². The first-order valence-corrected chi connectivity index (χ1v) is 6.93. The van der Waals surface area contributed by atoms with Crippen LogP contribution >= 0.6 is 0 Å².